The summed E-state index contributed by atoms with van der Waals surface area (Å²) in [6.07, 6.45) is 0.116. The highest BCUT2D eigenvalue weighted by molar-refractivity contribution is 5.82. The van der Waals surface area contributed by atoms with Crippen LogP contribution in [-0.4, -0.2) is 28.6 Å². The molecule has 0 unspecified atom stereocenters. The SMILES string of the molecule is Cc1c(CCC(=O)NCCC(=O)O)c(=O)oc2cc(O)ccc12. The van der Waals surface area contributed by atoms with Crippen molar-refractivity contribution in [3.8, 4) is 5.75 Å². The molecule has 0 aliphatic rings. The molecule has 122 valence electrons. The van der Waals surface area contributed by atoms with Crippen molar-refractivity contribution in [2.24, 2.45) is 0 Å². The highest BCUT2D eigenvalue weighted by Crippen LogP contribution is 2.23. The molecule has 2 rings (SSSR count). The highest BCUT2D eigenvalue weighted by Gasteiger charge is 2.13. The van der Waals surface area contributed by atoms with Crippen LogP contribution < -0.4 is 10.9 Å². The third kappa shape index (κ3) is 4.09. The van der Waals surface area contributed by atoms with Crippen molar-refractivity contribution in [3.63, 3.8) is 0 Å². The minimum Gasteiger partial charge on any atom is -0.508 e. The molecule has 2 aromatic rings. The maximum Gasteiger partial charge on any atom is 0.339 e. The number of rotatable bonds is 6. The number of carboxylic acids is 1. The van der Waals surface area contributed by atoms with Gasteiger partial charge >= 0.3 is 11.6 Å². The van der Waals surface area contributed by atoms with Crippen LogP contribution in [0.5, 0.6) is 5.75 Å². The first-order valence-electron chi connectivity index (χ1n) is 7.12. The maximum absolute atomic E-state index is 12.0. The van der Waals surface area contributed by atoms with Crippen molar-refractivity contribution in [3.05, 3.63) is 39.7 Å². The fraction of sp³-hybridized carbons (Fsp3) is 0.312. The van der Waals surface area contributed by atoms with E-state index in [1.807, 2.05) is 0 Å². The first-order valence-corrected chi connectivity index (χ1v) is 7.12. The van der Waals surface area contributed by atoms with E-state index in [0.717, 1.165) is 0 Å². The second kappa shape index (κ2) is 6.95. The van der Waals surface area contributed by atoms with E-state index in [-0.39, 0.29) is 37.5 Å². The Morgan fingerprint density at radius 1 is 1.26 bits per heavy atom. The fourth-order valence-electron chi connectivity index (χ4n) is 2.31. The molecule has 3 N–H and O–H groups in total. The summed E-state index contributed by atoms with van der Waals surface area (Å²) >= 11 is 0. The normalized spacial score (nSPS) is 10.7. The van der Waals surface area contributed by atoms with Crippen LogP contribution in [0.1, 0.15) is 24.0 Å². The van der Waals surface area contributed by atoms with Gasteiger partial charge in [0.1, 0.15) is 11.3 Å². The Hall–Kier alpha value is -2.83. The van der Waals surface area contributed by atoms with Crippen LogP contribution in [0.2, 0.25) is 0 Å². The number of phenolic OH excluding ortho intramolecular Hbond substituents is 1. The molecule has 1 amide bonds. The number of hydrogen-bond donors (Lipinski definition) is 3. The average molecular weight is 319 g/mol. The molecule has 0 saturated carbocycles. The Bertz CT molecular complexity index is 808. The lowest BCUT2D eigenvalue weighted by Crippen LogP contribution is -2.26. The highest BCUT2D eigenvalue weighted by atomic mass is 16.4. The maximum atomic E-state index is 12.0. The number of amides is 1. The van der Waals surface area contributed by atoms with E-state index in [4.69, 9.17) is 9.52 Å². The molecular weight excluding hydrogens is 302 g/mol. The minimum absolute atomic E-state index is 0.00519. The Morgan fingerprint density at radius 2 is 2.00 bits per heavy atom. The predicted octanol–water partition coefficient (Wildman–Crippen LogP) is 1.33. The Morgan fingerprint density at radius 3 is 2.70 bits per heavy atom. The molecule has 1 aromatic carbocycles. The van der Waals surface area contributed by atoms with Gasteiger partial charge in [0.2, 0.25) is 5.91 Å². The Labute approximate surface area is 131 Å². The van der Waals surface area contributed by atoms with Crippen LogP contribution in [-0.2, 0) is 16.0 Å². The van der Waals surface area contributed by atoms with E-state index in [9.17, 15) is 19.5 Å². The molecule has 0 saturated heterocycles. The second-order valence-electron chi connectivity index (χ2n) is 5.17. The summed E-state index contributed by atoms with van der Waals surface area (Å²) in [5, 5.41) is 21.1. The average Bonchev–Trinajstić information content (AvgIpc) is 2.46. The third-order valence-electron chi connectivity index (χ3n) is 3.53. The number of carboxylic acid groups (broad SMARTS) is 1. The third-order valence-corrected chi connectivity index (χ3v) is 3.53. The monoisotopic (exact) mass is 319 g/mol. The number of fused-ring (bicyclic) bond motifs is 1. The van der Waals surface area contributed by atoms with Crippen LogP contribution in [0.3, 0.4) is 0 Å². The van der Waals surface area contributed by atoms with Gasteiger partial charge in [-0.1, -0.05) is 0 Å². The van der Waals surface area contributed by atoms with Gasteiger partial charge < -0.3 is 19.9 Å². The van der Waals surface area contributed by atoms with Gasteiger partial charge in [-0.25, -0.2) is 4.79 Å². The number of aliphatic carboxylic acids is 1. The number of hydrogen-bond acceptors (Lipinski definition) is 5. The van der Waals surface area contributed by atoms with Crippen LogP contribution >= 0.6 is 0 Å². The summed E-state index contributed by atoms with van der Waals surface area (Å²) in [5.41, 5.74) is 0.854. The van der Waals surface area contributed by atoms with Gasteiger partial charge in [0.05, 0.1) is 6.42 Å². The summed E-state index contributed by atoms with van der Waals surface area (Å²) in [6, 6.07) is 4.52. The lowest BCUT2D eigenvalue weighted by Gasteiger charge is -2.08. The molecule has 0 radical (unpaired) electrons. The predicted molar refractivity (Wildman–Crippen MR) is 82.5 cm³/mol. The van der Waals surface area contributed by atoms with Crippen LogP contribution in [0, 0.1) is 6.92 Å². The van der Waals surface area contributed by atoms with E-state index in [1.165, 1.54) is 12.1 Å². The molecular formula is C16H17NO6. The molecule has 0 fully saturated rings. The summed E-state index contributed by atoms with van der Waals surface area (Å²) in [7, 11) is 0. The van der Waals surface area contributed by atoms with E-state index in [2.05, 4.69) is 5.32 Å². The molecule has 1 aromatic heterocycles. The van der Waals surface area contributed by atoms with Crippen molar-refractivity contribution in [1.82, 2.24) is 5.32 Å². The number of nitrogens with one attached hydrogen (secondary N) is 1. The summed E-state index contributed by atoms with van der Waals surface area (Å²) < 4.78 is 5.17. The van der Waals surface area contributed by atoms with Crippen molar-refractivity contribution >= 4 is 22.8 Å². The van der Waals surface area contributed by atoms with Crippen molar-refractivity contribution < 1.29 is 24.2 Å². The van der Waals surface area contributed by atoms with E-state index < -0.39 is 11.6 Å². The number of benzene rings is 1. The standard InChI is InChI=1S/C16H17NO6/c1-9-11-3-2-10(18)8-13(11)23-16(22)12(9)4-5-14(19)17-7-6-15(20)21/h2-3,8,18H,4-7H2,1H3,(H,17,19)(H,20,21). The van der Waals surface area contributed by atoms with Crippen LogP contribution in [0.15, 0.2) is 27.4 Å². The van der Waals surface area contributed by atoms with Gasteiger partial charge in [-0.3, -0.25) is 9.59 Å². The molecule has 0 aliphatic carbocycles. The van der Waals surface area contributed by atoms with E-state index >= 15 is 0 Å². The number of phenols is 1. The summed E-state index contributed by atoms with van der Waals surface area (Å²) in [4.78, 5) is 34.1. The van der Waals surface area contributed by atoms with Crippen LogP contribution in [0.4, 0.5) is 0 Å². The van der Waals surface area contributed by atoms with E-state index in [0.29, 0.717) is 22.1 Å². The lowest BCUT2D eigenvalue weighted by atomic mass is 10.0. The molecule has 0 bridgehead atoms. The molecule has 23 heavy (non-hydrogen) atoms. The quantitative estimate of drug-likeness (QED) is 0.692. The minimum atomic E-state index is -0.987. The van der Waals surface area contributed by atoms with Gasteiger partial charge in [-0.2, -0.15) is 0 Å². The number of carbonyl (C=O) groups excluding carboxylic acids is 1. The smallest absolute Gasteiger partial charge is 0.339 e. The fourth-order valence-corrected chi connectivity index (χ4v) is 2.31. The number of aromatic hydroxyl groups is 1. The topological polar surface area (TPSA) is 117 Å². The van der Waals surface area contributed by atoms with Gasteiger partial charge in [0.25, 0.3) is 0 Å². The van der Waals surface area contributed by atoms with Crippen molar-refractivity contribution in [2.45, 2.75) is 26.2 Å². The zero-order valence-electron chi connectivity index (χ0n) is 12.6. The Kier molecular flexibility index (Phi) is 5.00. The first kappa shape index (κ1) is 16.5. The van der Waals surface area contributed by atoms with Crippen LogP contribution in [0.25, 0.3) is 11.0 Å². The van der Waals surface area contributed by atoms with Crippen molar-refractivity contribution in [1.29, 1.82) is 0 Å². The number of aryl methyl sites for hydroxylation is 1. The molecule has 0 spiro atoms. The van der Waals surface area contributed by atoms with Gasteiger partial charge in [0.15, 0.2) is 0 Å². The zero-order chi connectivity index (χ0) is 17.0. The molecule has 1 heterocycles. The van der Waals surface area contributed by atoms with Crippen molar-refractivity contribution in [2.75, 3.05) is 6.54 Å². The number of carbonyl (C=O) groups is 2. The lowest BCUT2D eigenvalue weighted by molar-refractivity contribution is -0.136. The largest absolute Gasteiger partial charge is 0.508 e. The van der Waals surface area contributed by atoms with E-state index in [1.54, 1.807) is 13.0 Å². The molecule has 0 atom stereocenters. The molecule has 7 heteroatoms. The molecule has 7 nitrogen and oxygen atoms in total. The summed E-state index contributed by atoms with van der Waals surface area (Å²) in [6.45, 7) is 1.81. The summed E-state index contributed by atoms with van der Waals surface area (Å²) in [5.74, 6) is -1.30. The van der Waals surface area contributed by atoms with Gasteiger partial charge in [-0.05, 0) is 31.0 Å². The second-order valence-corrected chi connectivity index (χ2v) is 5.17. The zero-order valence-corrected chi connectivity index (χ0v) is 12.6. The van der Waals surface area contributed by atoms with Gasteiger partial charge in [-0.15, -0.1) is 0 Å². The first-order chi connectivity index (χ1) is 10.9. The van der Waals surface area contributed by atoms with Gasteiger partial charge in [0, 0.05) is 30.0 Å². The Balaban J connectivity index is 2.11. The molecule has 0 aliphatic heterocycles.